The van der Waals surface area contributed by atoms with Gasteiger partial charge < -0.3 is 15.3 Å². The van der Waals surface area contributed by atoms with Crippen molar-refractivity contribution >= 4 is 27.2 Å². The summed E-state index contributed by atoms with van der Waals surface area (Å²) in [5.41, 5.74) is 1.28. The molecule has 0 atom stereocenters. The van der Waals surface area contributed by atoms with Gasteiger partial charge in [-0.25, -0.2) is 8.42 Å². The fourth-order valence-corrected chi connectivity index (χ4v) is 4.66. The summed E-state index contributed by atoms with van der Waals surface area (Å²) in [6.45, 7) is 3.57. The Hall–Kier alpha value is -3.03. The highest BCUT2D eigenvalue weighted by Crippen LogP contribution is 2.41. The highest BCUT2D eigenvalue weighted by molar-refractivity contribution is 7.91. The van der Waals surface area contributed by atoms with Gasteiger partial charge in [0.2, 0.25) is 15.6 Å². The minimum absolute atomic E-state index is 0.0180. The summed E-state index contributed by atoms with van der Waals surface area (Å²) in [4.78, 5) is 12.9. The summed E-state index contributed by atoms with van der Waals surface area (Å²) < 4.78 is 25.9. The van der Waals surface area contributed by atoms with Crippen molar-refractivity contribution < 1.29 is 28.5 Å². The molecule has 8 heteroatoms. The lowest BCUT2D eigenvalue weighted by atomic mass is 9.98. The number of aromatic hydroxyl groups is 3. The molecule has 0 aliphatic heterocycles. The largest absolute Gasteiger partial charge is 0.504 e. The first-order chi connectivity index (χ1) is 14.6. The first-order valence-corrected chi connectivity index (χ1v) is 11.3. The van der Waals surface area contributed by atoms with Gasteiger partial charge in [0, 0.05) is 11.4 Å². The molecule has 162 valence electrons. The number of ketones is 1. The molecule has 3 N–H and O–H groups in total. The maximum atomic E-state index is 13.0. The zero-order chi connectivity index (χ0) is 22.9. The molecule has 0 heterocycles. The third-order valence-corrected chi connectivity index (χ3v) is 7.15. The van der Waals surface area contributed by atoms with E-state index in [-0.39, 0.29) is 32.4 Å². The fraction of sp³-hybridized carbons (Fsp3) is 0.174. The molecule has 3 aromatic carbocycles. The number of carbonyl (C=O) groups is 1. The molecule has 0 radical (unpaired) electrons. The Morgan fingerprint density at radius 2 is 1.48 bits per heavy atom. The Labute approximate surface area is 185 Å². The summed E-state index contributed by atoms with van der Waals surface area (Å²) in [5.74, 6) is -2.58. The van der Waals surface area contributed by atoms with Gasteiger partial charge >= 0.3 is 0 Å². The van der Waals surface area contributed by atoms with Crippen molar-refractivity contribution in [2.24, 2.45) is 0 Å². The number of aryl methyl sites for hydroxylation is 2. The molecule has 0 aliphatic rings. The number of hydrogen-bond acceptors (Lipinski definition) is 6. The molecule has 0 aliphatic carbocycles. The molecular formula is C23H21ClO6S. The lowest BCUT2D eigenvalue weighted by Gasteiger charge is -2.12. The van der Waals surface area contributed by atoms with Crippen LogP contribution < -0.4 is 0 Å². The lowest BCUT2D eigenvalue weighted by Crippen LogP contribution is -2.08. The van der Waals surface area contributed by atoms with Crippen LogP contribution in [-0.2, 0) is 22.7 Å². The van der Waals surface area contributed by atoms with Crippen LogP contribution in [0.2, 0.25) is 5.02 Å². The second-order valence-electron chi connectivity index (χ2n) is 7.15. The van der Waals surface area contributed by atoms with Crippen LogP contribution in [-0.4, -0.2) is 29.5 Å². The summed E-state index contributed by atoms with van der Waals surface area (Å²) in [6, 6.07) is 11.8. The van der Waals surface area contributed by atoms with Gasteiger partial charge in [0.1, 0.15) is 0 Å². The van der Waals surface area contributed by atoms with Crippen molar-refractivity contribution in [3.8, 4) is 17.2 Å². The first-order valence-electron chi connectivity index (χ1n) is 9.46. The van der Waals surface area contributed by atoms with Crippen LogP contribution in [0, 0.1) is 6.92 Å². The SMILES string of the molecule is CCc1cc(C(=O)Cc2cc(S(=O)(=O)c3ccc(C)cc3)ccc2Cl)c(O)c(O)c1O. The van der Waals surface area contributed by atoms with Crippen LogP contribution in [0.5, 0.6) is 17.2 Å². The summed E-state index contributed by atoms with van der Waals surface area (Å²) in [6.07, 6.45) is 0.0159. The predicted octanol–water partition coefficient (Wildman–Crippen LogP) is 4.59. The monoisotopic (exact) mass is 460 g/mol. The van der Waals surface area contributed by atoms with Crippen molar-refractivity contribution in [2.45, 2.75) is 36.5 Å². The Morgan fingerprint density at radius 3 is 2.10 bits per heavy atom. The second-order valence-corrected chi connectivity index (χ2v) is 9.51. The van der Waals surface area contributed by atoms with Crippen LogP contribution >= 0.6 is 11.6 Å². The van der Waals surface area contributed by atoms with Crippen molar-refractivity contribution in [3.63, 3.8) is 0 Å². The molecule has 0 saturated heterocycles. The highest BCUT2D eigenvalue weighted by atomic mass is 35.5. The quantitative estimate of drug-likeness (QED) is 0.366. The van der Waals surface area contributed by atoms with E-state index >= 15 is 0 Å². The van der Waals surface area contributed by atoms with Gasteiger partial charge in [0.25, 0.3) is 0 Å². The molecule has 31 heavy (non-hydrogen) atoms. The number of halogens is 1. The Morgan fingerprint density at radius 1 is 0.871 bits per heavy atom. The smallest absolute Gasteiger partial charge is 0.206 e. The van der Waals surface area contributed by atoms with Crippen LogP contribution in [0.25, 0.3) is 0 Å². The maximum Gasteiger partial charge on any atom is 0.206 e. The zero-order valence-electron chi connectivity index (χ0n) is 16.9. The number of benzene rings is 3. The van der Waals surface area contributed by atoms with Gasteiger partial charge in [-0.2, -0.15) is 0 Å². The van der Waals surface area contributed by atoms with E-state index in [0.717, 1.165) is 5.56 Å². The third-order valence-electron chi connectivity index (χ3n) is 5.02. The minimum Gasteiger partial charge on any atom is -0.504 e. The molecule has 0 saturated carbocycles. The van der Waals surface area contributed by atoms with Gasteiger partial charge in [-0.15, -0.1) is 0 Å². The maximum absolute atomic E-state index is 13.0. The third kappa shape index (κ3) is 4.38. The zero-order valence-corrected chi connectivity index (χ0v) is 18.5. The van der Waals surface area contributed by atoms with Gasteiger partial charge in [-0.1, -0.05) is 36.2 Å². The Bertz CT molecular complexity index is 1260. The highest BCUT2D eigenvalue weighted by Gasteiger charge is 2.23. The van der Waals surface area contributed by atoms with E-state index in [1.165, 1.54) is 36.4 Å². The molecule has 0 amide bonds. The van der Waals surface area contributed by atoms with Crippen LogP contribution in [0.15, 0.2) is 58.3 Å². The predicted molar refractivity (Wildman–Crippen MR) is 117 cm³/mol. The van der Waals surface area contributed by atoms with Gasteiger partial charge in [-0.05, 0) is 60.9 Å². The van der Waals surface area contributed by atoms with E-state index in [4.69, 9.17) is 11.6 Å². The number of phenols is 3. The number of rotatable bonds is 6. The Kier molecular flexibility index (Phi) is 6.29. The van der Waals surface area contributed by atoms with Crippen LogP contribution in [0.1, 0.15) is 34.0 Å². The number of hydrogen-bond donors (Lipinski definition) is 3. The number of carbonyl (C=O) groups excluding carboxylic acids is 1. The molecular weight excluding hydrogens is 440 g/mol. The van der Waals surface area contributed by atoms with Gasteiger partial charge in [-0.3, -0.25) is 4.79 Å². The van der Waals surface area contributed by atoms with E-state index in [9.17, 15) is 28.5 Å². The fourth-order valence-electron chi connectivity index (χ4n) is 3.16. The van der Waals surface area contributed by atoms with E-state index in [0.29, 0.717) is 12.0 Å². The van der Waals surface area contributed by atoms with E-state index < -0.39 is 32.9 Å². The topological polar surface area (TPSA) is 112 Å². The summed E-state index contributed by atoms with van der Waals surface area (Å²) in [5, 5.41) is 30.1. The molecule has 0 fully saturated rings. The molecule has 0 unspecified atom stereocenters. The molecule has 0 bridgehead atoms. The molecule has 0 spiro atoms. The number of sulfone groups is 1. The van der Waals surface area contributed by atoms with Gasteiger partial charge in [0.15, 0.2) is 17.3 Å². The number of Topliss-reactive ketones (excluding diaryl/α,β-unsaturated/α-hetero) is 1. The second kappa shape index (κ2) is 8.61. The van der Waals surface area contributed by atoms with Crippen LogP contribution in [0.4, 0.5) is 0 Å². The van der Waals surface area contributed by atoms with Crippen molar-refractivity contribution in [2.75, 3.05) is 0 Å². The molecule has 3 aromatic rings. The van der Waals surface area contributed by atoms with Crippen molar-refractivity contribution in [1.82, 2.24) is 0 Å². The van der Waals surface area contributed by atoms with Crippen molar-refractivity contribution in [3.05, 3.63) is 75.8 Å². The first kappa shape index (κ1) is 22.7. The molecule has 3 rings (SSSR count). The normalized spacial score (nSPS) is 11.5. The van der Waals surface area contributed by atoms with Gasteiger partial charge in [0.05, 0.1) is 15.4 Å². The van der Waals surface area contributed by atoms with Crippen molar-refractivity contribution in [1.29, 1.82) is 0 Å². The average molecular weight is 461 g/mol. The minimum atomic E-state index is -3.82. The summed E-state index contributed by atoms with van der Waals surface area (Å²) >= 11 is 6.20. The average Bonchev–Trinajstić information content (AvgIpc) is 2.74. The molecule has 6 nitrogen and oxygen atoms in total. The molecule has 0 aromatic heterocycles. The van der Waals surface area contributed by atoms with E-state index in [1.807, 2.05) is 6.92 Å². The summed E-state index contributed by atoms with van der Waals surface area (Å²) in [7, 11) is -3.82. The Balaban J connectivity index is 1.99. The van der Waals surface area contributed by atoms with E-state index in [2.05, 4.69) is 0 Å². The van der Waals surface area contributed by atoms with Crippen LogP contribution in [0.3, 0.4) is 0 Å². The lowest BCUT2D eigenvalue weighted by molar-refractivity contribution is 0.0989. The standard InChI is InChI=1S/C23H21ClO6S/c1-3-14-11-18(22(27)23(28)21(14)26)20(25)12-15-10-17(8-9-19(15)24)31(29,30)16-6-4-13(2)5-7-16/h4-11,26-28H,3,12H2,1-2H3. The van der Waals surface area contributed by atoms with E-state index in [1.54, 1.807) is 19.1 Å². The number of phenolic OH excluding ortho intramolecular Hbond substituents is 3.